The Morgan fingerprint density at radius 2 is 0.859 bits per heavy atom. The van der Waals surface area contributed by atoms with Crippen LogP contribution in [0.5, 0.6) is 0 Å². The van der Waals surface area contributed by atoms with E-state index >= 15 is 0 Å². The highest BCUT2D eigenvalue weighted by Crippen LogP contribution is 2.63. The number of para-hydroxylation sites is 4. The van der Waals surface area contributed by atoms with Crippen molar-refractivity contribution in [2.75, 3.05) is 4.90 Å². The molecule has 5 nitrogen and oxygen atoms in total. The number of aromatic nitrogens is 4. The van der Waals surface area contributed by atoms with Crippen molar-refractivity contribution in [2.24, 2.45) is 0 Å². The summed E-state index contributed by atoms with van der Waals surface area (Å²) in [4.78, 5) is 20.2. The first-order valence-electron chi connectivity index (χ1n) is 21.6. The molecule has 0 saturated carbocycles. The van der Waals surface area contributed by atoms with Crippen molar-refractivity contribution in [3.8, 4) is 39.9 Å². The molecule has 64 heavy (non-hydrogen) atoms. The topological polar surface area (TPSA) is 46.8 Å². The Balaban J connectivity index is 1.07. The molecular weight excluding hydrogens is 799 g/mol. The van der Waals surface area contributed by atoms with Gasteiger partial charge in [0.05, 0.1) is 27.8 Å². The highest BCUT2D eigenvalue weighted by molar-refractivity contribution is 7.99. The Morgan fingerprint density at radius 1 is 0.344 bits per heavy atom. The molecule has 4 heterocycles. The summed E-state index contributed by atoms with van der Waals surface area (Å²) in [7, 11) is 0. The summed E-state index contributed by atoms with van der Waals surface area (Å²) in [5.41, 5.74) is 14.1. The lowest BCUT2D eigenvalue weighted by molar-refractivity contribution is 0.693. The van der Waals surface area contributed by atoms with E-state index in [4.69, 9.17) is 15.0 Å². The van der Waals surface area contributed by atoms with E-state index < -0.39 is 5.41 Å². The van der Waals surface area contributed by atoms with Gasteiger partial charge in [-0.3, -0.25) is 0 Å². The number of anilines is 3. The highest BCUT2D eigenvalue weighted by Gasteiger charge is 2.50. The van der Waals surface area contributed by atoms with Crippen LogP contribution < -0.4 is 4.90 Å². The standard InChI is InChI=1S/C58H37N5S/c1-4-19-38(20-5-1)55-59-56(39-21-6-2-7-22-39)61-57(60-55)40-23-18-26-42(35-40)63-49-31-14-10-27-43(49)44-36-54-48(37-52(44)63)58(47-30-13-17-34-53(47)64-54)45-28-11-15-32-50(45)62(41-24-8-3-9-25-41)51-33-16-12-29-46(51)58/h1-37H. The first-order valence-corrected chi connectivity index (χ1v) is 22.4. The fraction of sp³-hybridized carbons (Fsp3) is 0.0172. The smallest absolute Gasteiger partial charge is 0.164 e. The summed E-state index contributed by atoms with van der Waals surface area (Å²) in [6, 6.07) is 80.6. The first kappa shape index (κ1) is 36.6. The normalized spacial score (nSPS) is 13.3. The van der Waals surface area contributed by atoms with Gasteiger partial charge in [0.25, 0.3) is 0 Å². The molecular formula is C58H37N5S. The van der Waals surface area contributed by atoms with E-state index in [1.807, 2.05) is 48.2 Å². The van der Waals surface area contributed by atoms with Crippen LogP contribution in [-0.4, -0.2) is 19.5 Å². The second kappa shape index (κ2) is 14.5. The van der Waals surface area contributed by atoms with E-state index in [2.05, 4.69) is 198 Å². The van der Waals surface area contributed by atoms with Crippen molar-refractivity contribution in [3.63, 3.8) is 0 Å². The maximum atomic E-state index is 5.11. The van der Waals surface area contributed by atoms with Crippen LogP contribution in [0.25, 0.3) is 61.7 Å². The zero-order chi connectivity index (χ0) is 42.2. The summed E-state index contributed by atoms with van der Waals surface area (Å²) in [6.45, 7) is 0. The molecule has 1 spiro atoms. The van der Waals surface area contributed by atoms with Gasteiger partial charge in [0.1, 0.15) is 0 Å². The molecule has 0 fully saturated rings. The number of nitrogens with zero attached hydrogens (tertiary/aromatic N) is 5. The third-order valence-electron chi connectivity index (χ3n) is 12.9. The lowest BCUT2D eigenvalue weighted by atomic mass is 9.62. The molecule has 0 saturated heterocycles. The zero-order valence-electron chi connectivity index (χ0n) is 34.5. The Morgan fingerprint density at radius 3 is 1.53 bits per heavy atom. The van der Waals surface area contributed by atoms with Gasteiger partial charge in [-0.05, 0) is 82.9 Å². The SMILES string of the molecule is c1ccc(-c2nc(-c3ccccc3)nc(-c3cccc(-n4c5ccccc5c5cc6c(cc54)C4(c5ccccc5S6)c5ccccc5N(c5ccccc5)c5ccccc54)c3)n2)cc1. The average molecular weight is 836 g/mol. The molecule has 2 aliphatic heterocycles. The Bertz CT molecular complexity index is 3500. The molecule has 2 aliphatic rings. The molecule has 13 rings (SSSR count). The molecule has 6 heteroatoms. The molecule has 0 aliphatic carbocycles. The van der Waals surface area contributed by atoms with Gasteiger partial charge in [0, 0.05) is 48.6 Å². The van der Waals surface area contributed by atoms with Crippen molar-refractivity contribution in [3.05, 3.63) is 247 Å². The molecule has 0 radical (unpaired) electrons. The molecule has 0 N–H and O–H groups in total. The van der Waals surface area contributed by atoms with E-state index in [1.54, 1.807) is 0 Å². The lowest BCUT2D eigenvalue weighted by Crippen LogP contribution is -2.39. The van der Waals surface area contributed by atoms with Crippen LogP contribution in [-0.2, 0) is 5.41 Å². The van der Waals surface area contributed by atoms with E-state index in [-0.39, 0.29) is 0 Å². The highest BCUT2D eigenvalue weighted by atomic mass is 32.2. The van der Waals surface area contributed by atoms with Crippen LogP contribution in [0.2, 0.25) is 0 Å². The van der Waals surface area contributed by atoms with Crippen molar-refractivity contribution >= 4 is 50.6 Å². The Hall–Kier alpha value is -8.06. The monoisotopic (exact) mass is 835 g/mol. The van der Waals surface area contributed by atoms with Gasteiger partial charge in [-0.1, -0.05) is 176 Å². The number of fused-ring (bicyclic) bond motifs is 11. The van der Waals surface area contributed by atoms with Crippen molar-refractivity contribution in [1.29, 1.82) is 0 Å². The second-order valence-electron chi connectivity index (χ2n) is 16.4. The number of hydrogen-bond acceptors (Lipinski definition) is 5. The largest absolute Gasteiger partial charge is 0.310 e. The summed E-state index contributed by atoms with van der Waals surface area (Å²) in [5, 5.41) is 2.42. The van der Waals surface area contributed by atoms with Crippen LogP contribution in [0.3, 0.4) is 0 Å². The van der Waals surface area contributed by atoms with E-state index in [9.17, 15) is 0 Å². The Kier molecular flexibility index (Phi) is 8.30. The minimum atomic E-state index is -0.612. The van der Waals surface area contributed by atoms with Gasteiger partial charge in [-0.2, -0.15) is 0 Å². The van der Waals surface area contributed by atoms with Gasteiger partial charge in [0.2, 0.25) is 0 Å². The fourth-order valence-corrected chi connectivity index (χ4v) is 11.4. The van der Waals surface area contributed by atoms with Gasteiger partial charge < -0.3 is 9.47 Å². The summed E-state index contributed by atoms with van der Waals surface area (Å²) in [5.74, 6) is 1.90. The molecule has 11 aromatic rings. The third kappa shape index (κ3) is 5.49. The minimum absolute atomic E-state index is 0.612. The second-order valence-corrected chi connectivity index (χ2v) is 17.4. The van der Waals surface area contributed by atoms with Crippen LogP contribution in [0.15, 0.2) is 234 Å². The van der Waals surface area contributed by atoms with Crippen LogP contribution in [0.1, 0.15) is 22.3 Å². The zero-order valence-corrected chi connectivity index (χ0v) is 35.3. The van der Waals surface area contributed by atoms with Crippen molar-refractivity contribution < 1.29 is 0 Å². The maximum absolute atomic E-state index is 5.11. The van der Waals surface area contributed by atoms with Crippen molar-refractivity contribution in [2.45, 2.75) is 15.2 Å². The van der Waals surface area contributed by atoms with Crippen molar-refractivity contribution in [1.82, 2.24) is 19.5 Å². The predicted octanol–water partition coefficient (Wildman–Crippen LogP) is 14.6. The number of rotatable bonds is 5. The lowest BCUT2D eigenvalue weighted by Gasteiger charge is -2.49. The van der Waals surface area contributed by atoms with Gasteiger partial charge in [-0.15, -0.1) is 0 Å². The van der Waals surface area contributed by atoms with E-state index in [0.29, 0.717) is 17.5 Å². The Labute approximate surface area is 375 Å². The average Bonchev–Trinajstić information content (AvgIpc) is 3.69. The maximum Gasteiger partial charge on any atom is 0.164 e. The van der Waals surface area contributed by atoms with Gasteiger partial charge >= 0.3 is 0 Å². The molecule has 0 bridgehead atoms. The molecule has 2 aromatic heterocycles. The third-order valence-corrected chi connectivity index (χ3v) is 14.0. The molecule has 0 atom stereocenters. The number of hydrogen-bond donors (Lipinski definition) is 0. The number of benzene rings is 9. The van der Waals surface area contributed by atoms with Crippen LogP contribution >= 0.6 is 11.8 Å². The summed E-state index contributed by atoms with van der Waals surface area (Å²) >= 11 is 1.88. The quantitative estimate of drug-likeness (QED) is 0.173. The fourth-order valence-electron chi connectivity index (χ4n) is 10.2. The summed E-state index contributed by atoms with van der Waals surface area (Å²) < 4.78 is 2.43. The van der Waals surface area contributed by atoms with E-state index in [1.165, 1.54) is 54.2 Å². The molecule has 0 unspecified atom stereocenters. The van der Waals surface area contributed by atoms with Gasteiger partial charge in [0.15, 0.2) is 17.5 Å². The van der Waals surface area contributed by atoms with E-state index in [0.717, 1.165) is 39.1 Å². The first-order chi connectivity index (χ1) is 31.7. The van der Waals surface area contributed by atoms with Crippen LogP contribution in [0, 0.1) is 0 Å². The molecule has 9 aromatic carbocycles. The van der Waals surface area contributed by atoms with Crippen LogP contribution in [0.4, 0.5) is 17.1 Å². The van der Waals surface area contributed by atoms with Gasteiger partial charge in [-0.25, -0.2) is 15.0 Å². The molecule has 300 valence electrons. The minimum Gasteiger partial charge on any atom is -0.310 e. The predicted molar refractivity (Wildman–Crippen MR) is 261 cm³/mol. The molecule has 0 amide bonds. The summed E-state index contributed by atoms with van der Waals surface area (Å²) in [6.07, 6.45) is 0.